The predicted octanol–water partition coefficient (Wildman–Crippen LogP) is 3.12. The first-order valence-corrected chi connectivity index (χ1v) is 8.43. The lowest BCUT2D eigenvalue weighted by Gasteiger charge is -2.35. The van der Waals surface area contributed by atoms with E-state index in [1.165, 1.54) is 38.8 Å². The van der Waals surface area contributed by atoms with Crippen LogP contribution in [0.5, 0.6) is 0 Å². The lowest BCUT2D eigenvalue weighted by atomic mass is 9.97. The van der Waals surface area contributed by atoms with Crippen LogP contribution in [0.3, 0.4) is 0 Å². The fraction of sp³-hybridized carbons (Fsp3) is 0.533. The highest BCUT2D eigenvalue weighted by atomic mass is 79.9. The zero-order valence-electron chi connectivity index (χ0n) is 11.4. The maximum Gasteiger partial charge on any atom is 0.104 e. The maximum absolute atomic E-state index is 5.66. The van der Waals surface area contributed by atoms with Gasteiger partial charge in [0.2, 0.25) is 0 Å². The van der Waals surface area contributed by atoms with Gasteiger partial charge in [-0.1, -0.05) is 12.2 Å². The van der Waals surface area contributed by atoms with Crippen molar-refractivity contribution in [1.29, 1.82) is 0 Å². The first-order valence-electron chi connectivity index (χ1n) is 7.23. The highest BCUT2D eigenvalue weighted by Crippen LogP contribution is 2.31. The minimum atomic E-state index is 0.441. The molecular weight excluding hydrogens is 334 g/mol. The summed E-state index contributed by atoms with van der Waals surface area (Å²) in [6.07, 6.45) is 5.20. The normalized spacial score (nSPS) is 26.2. The van der Waals surface area contributed by atoms with Crippen molar-refractivity contribution in [2.45, 2.75) is 37.8 Å². The van der Waals surface area contributed by atoms with Crippen molar-refractivity contribution in [3.63, 3.8) is 0 Å². The summed E-state index contributed by atoms with van der Waals surface area (Å²) >= 11 is 8.62. The van der Waals surface area contributed by atoms with E-state index in [4.69, 9.17) is 18.0 Å². The topological polar surface area (TPSA) is 41.3 Å². The van der Waals surface area contributed by atoms with Crippen molar-refractivity contribution in [2.75, 3.05) is 18.4 Å². The fourth-order valence-electron chi connectivity index (χ4n) is 3.36. The van der Waals surface area contributed by atoms with E-state index in [9.17, 15) is 0 Å². The van der Waals surface area contributed by atoms with Crippen molar-refractivity contribution in [3.05, 3.63) is 28.2 Å². The average Bonchev–Trinajstić information content (AvgIpc) is 2.88. The molecule has 20 heavy (non-hydrogen) atoms. The Morgan fingerprint density at radius 3 is 2.95 bits per heavy atom. The van der Waals surface area contributed by atoms with Crippen LogP contribution in [0, 0.1) is 0 Å². The quantitative estimate of drug-likeness (QED) is 0.819. The number of piperidine rings is 1. The molecule has 108 valence electrons. The molecule has 5 heteroatoms. The van der Waals surface area contributed by atoms with Gasteiger partial charge in [-0.25, -0.2) is 0 Å². The second kappa shape index (κ2) is 6.00. The van der Waals surface area contributed by atoms with Crippen LogP contribution in [-0.2, 0) is 0 Å². The number of thiocarbonyl (C=S) groups is 1. The summed E-state index contributed by atoms with van der Waals surface area (Å²) in [6, 6.07) is 7.41. The molecular formula is C15H20BrN3S. The monoisotopic (exact) mass is 353 g/mol. The molecule has 2 fully saturated rings. The molecule has 0 aliphatic carbocycles. The number of rotatable bonds is 3. The van der Waals surface area contributed by atoms with Crippen molar-refractivity contribution in [1.82, 2.24) is 4.90 Å². The number of hydrogen-bond donors (Lipinski definition) is 2. The van der Waals surface area contributed by atoms with Crippen molar-refractivity contribution < 1.29 is 0 Å². The summed E-state index contributed by atoms with van der Waals surface area (Å²) in [4.78, 5) is 3.08. The summed E-state index contributed by atoms with van der Waals surface area (Å²) in [6.45, 7) is 2.52. The van der Waals surface area contributed by atoms with Crippen LogP contribution in [0.1, 0.15) is 31.2 Å². The molecule has 0 spiro atoms. The van der Waals surface area contributed by atoms with E-state index in [1.54, 1.807) is 0 Å². The molecule has 0 aromatic heterocycles. The minimum absolute atomic E-state index is 0.441. The van der Waals surface area contributed by atoms with Crippen LogP contribution in [0.25, 0.3) is 0 Å². The Morgan fingerprint density at radius 2 is 2.20 bits per heavy atom. The van der Waals surface area contributed by atoms with Gasteiger partial charge in [0.25, 0.3) is 0 Å². The van der Waals surface area contributed by atoms with Crippen molar-refractivity contribution in [2.24, 2.45) is 5.73 Å². The summed E-state index contributed by atoms with van der Waals surface area (Å²) in [5.41, 5.74) is 7.71. The third-order valence-corrected chi connectivity index (χ3v) is 5.33. The summed E-state index contributed by atoms with van der Waals surface area (Å²) < 4.78 is 1.04. The summed E-state index contributed by atoms with van der Waals surface area (Å²) in [7, 11) is 0. The smallest absolute Gasteiger partial charge is 0.104 e. The van der Waals surface area contributed by atoms with Gasteiger partial charge >= 0.3 is 0 Å². The molecule has 0 bridgehead atoms. The number of anilines is 1. The SMILES string of the molecule is NC(=S)c1ccc(NC2CCN3CCCC3C2)c(Br)c1. The van der Waals surface area contributed by atoms with E-state index in [2.05, 4.69) is 32.2 Å². The van der Waals surface area contributed by atoms with Gasteiger partial charge < -0.3 is 16.0 Å². The number of benzene rings is 1. The first-order chi connectivity index (χ1) is 9.63. The van der Waals surface area contributed by atoms with E-state index in [0.717, 1.165) is 21.8 Å². The van der Waals surface area contributed by atoms with Crippen LogP contribution in [0.15, 0.2) is 22.7 Å². The van der Waals surface area contributed by atoms with Crippen LogP contribution in [-0.4, -0.2) is 35.1 Å². The lowest BCUT2D eigenvalue weighted by molar-refractivity contribution is 0.188. The van der Waals surface area contributed by atoms with Crippen LogP contribution >= 0.6 is 28.1 Å². The maximum atomic E-state index is 5.66. The molecule has 2 aliphatic rings. The Balaban J connectivity index is 1.67. The molecule has 0 saturated carbocycles. The molecule has 2 aliphatic heterocycles. The zero-order chi connectivity index (χ0) is 14.1. The molecule has 3 nitrogen and oxygen atoms in total. The lowest BCUT2D eigenvalue weighted by Crippen LogP contribution is -2.42. The van der Waals surface area contributed by atoms with Gasteiger partial charge in [-0.15, -0.1) is 0 Å². The molecule has 1 aromatic carbocycles. The molecule has 0 amide bonds. The molecule has 2 saturated heterocycles. The Morgan fingerprint density at radius 1 is 1.35 bits per heavy atom. The molecule has 3 rings (SSSR count). The number of nitrogens with two attached hydrogens (primary N) is 1. The van der Waals surface area contributed by atoms with Gasteiger partial charge in [-0.2, -0.15) is 0 Å². The summed E-state index contributed by atoms with van der Waals surface area (Å²) in [5, 5.41) is 3.67. The van der Waals surface area contributed by atoms with E-state index >= 15 is 0 Å². The Bertz CT molecular complexity index is 520. The van der Waals surface area contributed by atoms with Gasteiger partial charge in [0.1, 0.15) is 4.99 Å². The Labute approximate surface area is 134 Å². The van der Waals surface area contributed by atoms with Crippen molar-refractivity contribution >= 4 is 38.8 Å². The Kier molecular flexibility index (Phi) is 4.29. The van der Waals surface area contributed by atoms with Gasteiger partial charge in [0, 0.05) is 34.4 Å². The number of fused-ring (bicyclic) bond motifs is 1. The van der Waals surface area contributed by atoms with Gasteiger partial charge in [0.05, 0.1) is 0 Å². The van der Waals surface area contributed by atoms with Crippen LogP contribution in [0.4, 0.5) is 5.69 Å². The van der Waals surface area contributed by atoms with Crippen molar-refractivity contribution in [3.8, 4) is 0 Å². The molecule has 2 heterocycles. The molecule has 0 radical (unpaired) electrons. The summed E-state index contributed by atoms with van der Waals surface area (Å²) in [5.74, 6) is 0. The minimum Gasteiger partial charge on any atom is -0.389 e. The van der Waals surface area contributed by atoms with Gasteiger partial charge in [-0.3, -0.25) is 0 Å². The third-order valence-electron chi connectivity index (χ3n) is 4.43. The van der Waals surface area contributed by atoms with Gasteiger partial charge in [-0.05, 0) is 66.4 Å². The van der Waals surface area contributed by atoms with E-state index < -0.39 is 0 Å². The number of nitrogens with one attached hydrogen (secondary N) is 1. The number of halogens is 1. The van der Waals surface area contributed by atoms with Gasteiger partial charge in [0.15, 0.2) is 0 Å². The highest BCUT2D eigenvalue weighted by molar-refractivity contribution is 9.10. The molecule has 2 atom stereocenters. The van der Waals surface area contributed by atoms with E-state index in [0.29, 0.717) is 11.0 Å². The largest absolute Gasteiger partial charge is 0.389 e. The van der Waals surface area contributed by atoms with Crippen LogP contribution < -0.4 is 11.1 Å². The van der Waals surface area contributed by atoms with Crippen LogP contribution in [0.2, 0.25) is 0 Å². The number of hydrogen-bond acceptors (Lipinski definition) is 3. The standard InChI is InChI=1S/C15H20BrN3S/c16-13-8-10(15(17)20)3-4-14(13)18-11-5-7-19-6-1-2-12(19)9-11/h3-4,8,11-12,18H,1-2,5-7,9H2,(H2,17,20). The third kappa shape index (κ3) is 3.00. The number of nitrogens with zero attached hydrogens (tertiary/aromatic N) is 1. The second-order valence-electron chi connectivity index (χ2n) is 5.76. The zero-order valence-corrected chi connectivity index (χ0v) is 13.8. The fourth-order valence-corrected chi connectivity index (χ4v) is 3.98. The highest BCUT2D eigenvalue weighted by Gasteiger charge is 2.31. The van der Waals surface area contributed by atoms with E-state index in [1.807, 2.05) is 12.1 Å². The predicted molar refractivity (Wildman–Crippen MR) is 91.3 cm³/mol. The molecule has 3 N–H and O–H groups in total. The average molecular weight is 354 g/mol. The molecule has 2 unspecified atom stereocenters. The first kappa shape index (κ1) is 14.3. The second-order valence-corrected chi connectivity index (χ2v) is 7.05. The Hall–Kier alpha value is -0.650. The van der Waals surface area contributed by atoms with E-state index in [-0.39, 0.29) is 0 Å². The molecule has 1 aromatic rings.